The number of nitrogens with one attached hydrogen (secondary N) is 2. The molecule has 0 aliphatic carbocycles. The van der Waals surface area contributed by atoms with Gasteiger partial charge in [0.05, 0.1) is 12.5 Å². The second-order valence-corrected chi connectivity index (χ2v) is 6.07. The van der Waals surface area contributed by atoms with E-state index in [-0.39, 0.29) is 11.8 Å². The quantitative estimate of drug-likeness (QED) is 0.882. The fraction of sp³-hybridized carbons (Fsp3) is 0.263. The molecule has 0 bridgehead atoms. The predicted octanol–water partition coefficient (Wildman–Crippen LogP) is 3.57. The Bertz CT molecular complexity index is 737. The van der Waals surface area contributed by atoms with Gasteiger partial charge in [-0.25, -0.2) is 0 Å². The van der Waals surface area contributed by atoms with Crippen molar-refractivity contribution in [3.8, 4) is 5.75 Å². The number of carbonyl (C=O) groups is 2. The van der Waals surface area contributed by atoms with E-state index in [1.165, 1.54) is 6.92 Å². The van der Waals surface area contributed by atoms with Gasteiger partial charge in [0.25, 0.3) is 0 Å². The number of hydrogen-bond acceptors (Lipinski definition) is 3. The molecule has 126 valence electrons. The summed E-state index contributed by atoms with van der Waals surface area (Å²) in [7, 11) is 1.61. The Hall–Kier alpha value is -2.82. The summed E-state index contributed by atoms with van der Waals surface area (Å²) in [6, 6.07) is 14.5. The number of benzene rings is 2. The molecule has 5 heteroatoms. The molecule has 0 aliphatic heterocycles. The third-order valence-corrected chi connectivity index (χ3v) is 3.82. The van der Waals surface area contributed by atoms with Crippen LogP contribution in [0.1, 0.15) is 26.3 Å². The molecule has 0 unspecified atom stereocenters. The van der Waals surface area contributed by atoms with Crippen molar-refractivity contribution in [1.29, 1.82) is 0 Å². The molecule has 0 saturated carbocycles. The van der Waals surface area contributed by atoms with Gasteiger partial charge >= 0.3 is 0 Å². The lowest BCUT2D eigenvalue weighted by Crippen LogP contribution is -2.34. The molecule has 0 aromatic heterocycles. The molecule has 0 saturated heterocycles. The maximum Gasteiger partial charge on any atom is 0.234 e. The summed E-state index contributed by atoms with van der Waals surface area (Å²) in [5.41, 5.74) is 1.45. The van der Waals surface area contributed by atoms with E-state index in [1.54, 1.807) is 31.4 Å². The van der Waals surface area contributed by atoms with Gasteiger partial charge in [-0.05, 0) is 49.7 Å². The van der Waals surface area contributed by atoms with Crippen LogP contribution in [0.5, 0.6) is 5.75 Å². The Morgan fingerprint density at radius 3 is 2.08 bits per heavy atom. The molecule has 0 fully saturated rings. The number of anilines is 2. The zero-order valence-corrected chi connectivity index (χ0v) is 14.3. The van der Waals surface area contributed by atoms with Crippen LogP contribution in [-0.2, 0) is 15.0 Å². The zero-order chi connectivity index (χ0) is 17.7. The van der Waals surface area contributed by atoms with Crippen LogP contribution in [0, 0.1) is 0 Å². The fourth-order valence-corrected chi connectivity index (χ4v) is 2.30. The van der Waals surface area contributed by atoms with E-state index < -0.39 is 5.41 Å². The topological polar surface area (TPSA) is 67.4 Å². The van der Waals surface area contributed by atoms with Crippen molar-refractivity contribution < 1.29 is 14.3 Å². The lowest BCUT2D eigenvalue weighted by Gasteiger charge is -2.24. The SMILES string of the molecule is COc1ccc(C(C)(C)C(=O)Nc2cccc(NC(C)=O)c2)cc1. The first kappa shape index (κ1) is 17.5. The number of hydrogen-bond donors (Lipinski definition) is 2. The van der Waals surface area contributed by atoms with E-state index in [4.69, 9.17) is 4.74 Å². The first-order valence-corrected chi connectivity index (χ1v) is 7.66. The average Bonchev–Trinajstić information content (AvgIpc) is 2.54. The maximum atomic E-state index is 12.7. The van der Waals surface area contributed by atoms with E-state index in [1.807, 2.05) is 38.1 Å². The summed E-state index contributed by atoms with van der Waals surface area (Å²) in [4.78, 5) is 23.8. The molecule has 0 spiro atoms. The first-order valence-electron chi connectivity index (χ1n) is 7.66. The first-order chi connectivity index (χ1) is 11.3. The lowest BCUT2D eigenvalue weighted by atomic mass is 9.83. The minimum atomic E-state index is -0.712. The normalized spacial score (nSPS) is 10.8. The molecular formula is C19H22N2O3. The van der Waals surface area contributed by atoms with E-state index in [0.29, 0.717) is 11.4 Å². The molecule has 2 N–H and O–H groups in total. The van der Waals surface area contributed by atoms with Crippen molar-refractivity contribution in [2.45, 2.75) is 26.2 Å². The van der Waals surface area contributed by atoms with Crippen molar-refractivity contribution in [3.05, 3.63) is 54.1 Å². The number of carbonyl (C=O) groups excluding carboxylic acids is 2. The van der Waals surface area contributed by atoms with Crippen molar-refractivity contribution in [2.24, 2.45) is 0 Å². The zero-order valence-electron chi connectivity index (χ0n) is 14.3. The Morgan fingerprint density at radius 1 is 0.958 bits per heavy atom. The molecular weight excluding hydrogens is 304 g/mol. The number of methoxy groups -OCH3 is 1. The van der Waals surface area contributed by atoms with Crippen molar-refractivity contribution in [3.63, 3.8) is 0 Å². The van der Waals surface area contributed by atoms with Crippen LogP contribution < -0.4 is 15.4 Å². The molecule has 24 heavy (non-hydrogen) atoms. The summed E-state index contributed by atoms with van der Waals surface area (Å²) in [6.45, 7) is 5.17. The summed E-state index contributed by atoms with van der Waals surface area (Å²) in [5, 5.41) is 5.60. The monoisotopic (exact) mass is 326 g/mol. The molecule has 2 aromatic rings. The van der Waals surface area contributed by atoms with Gasteiger partial charge in [-0.3, -0.25) is 9.59 Å². The molecule has 0 heterocycles. The van der Waals surface area contributed by atoms with Crippen LogP contribution in [0.15, 0.2) is 48.5 Å². The van der Waals surface area contributed by atoms with Gasteiger partial charge < -0.3 is 15.4 Å². The van der Waals surface area contributed by atoms with E-state index >= 15 is 0 Å². The van der Waals surface area contributed by atoms with Gasteiger partial charge in [0.1, 0.15) is 5.75 Å². The highest BCUT2D eigenvalue weighted by atomic mass is 16.5. The van der Waals surface area contributed by atoms with Gasteiger partial charge in [0.15, 0.2) is 0 Å². The summed E-state index contributed by atoms with van der Waals surface area (Å²) in [6.07, 6.45) is 0. The number of amides is 2. The highest BCUT2D eigenvalue weighted by Gasteiger charge is 2.29. The van der Waals surface area contributed by atoms with Crippen LogP contribution in [0.4, 0.5) is 11.4 Å². The number of rotatable bonds is 5. The van der Waals surface area contributed by atoms with E-state index in [2.05, 4.69) is 10.6 Å². The van der Waals surface area contributed by atoms with Gasteiger partial charge in [-0.1, -0.05) is 18.2 Å². The molecule has 0 aliphatic rings. The van der Waals surface area contributed by atoms with Crippen molar-refractivity contribution in [2.75, 3.05) is 17.7 Å². The second kappa shape index (κ2) is 7.17. The Balaban J connectivity index is 2.16. The third kappa shape index (κ3) is 4.13. The lowest BCUT2D eigenvalue weighted by molar-refractivity contribution is -0.120. The molecule has 2 aromatic carbocycles. The van der Waals surface area contributed by atoms with Gasteiger partial charge in [-0.2, -0.15) is 0 Å². The third-order valence-electron chi connectivity index (χ3n) is 3.82. The van der Waals surface area contributed by atoms with Crippen LogP contribution in [0.2, 0.25) is 0 Å². The summed E-state index contributed by atoms with van der Waals surface area (Å²) >= 11 is 0. The molecule has 0 atom stereocenters. The highest BCUT2D eigenvalue weighted by Crippen LogP contribution is 2.27. The number of ether oxygens (including phenoxy) is 1. The second-order valence-electron chi connectivity index (χ2n) is 6.07. The minimum Gasteiger partial charge on any atom is -0.497 e. The molecule has 2 amide bonds. The summed E-state index contributed by atoms with van der Waals surface area (Å²) < 4.78 is 5.15. The van der Waals surface area contributed by atoms with Crippen LogP contribution >= 0.6 is 0 Å². The van der Waals surface area contributed by atoms with E-state index in [0.717, 1.165) is 11.3 Å². The smallest absolute Gasteiger partial charge is 0.234 e. The van der Waals surface area contributed by atoms with E-state index in [9.17, 15) is 9.59 Å². The standard InChI is InChI=1S/C19H22N2O3/c1-13(22)20-15-6-5-7-16(12-15)21-18(23)19(2,3)14-8-10-17(24-4)11-9-14/h5-12H,1-4H3,(H,20,22)(H,21,23). The van der Waals surface area contributed by atoms with Gasteiger partial charge in [-0.15, -0.1) is 0 Å². The van der Waals surface area contributed by atoms with Crippen LogP contribution in [0.25, 0.3) is 0 Å². The van der Waals surface area contributed by atoms with Crippen molar-refractivity contribution >= 4 is 23.2 Å². The van der Waals surface area contributed by atoms with Gasteiger partial charge in [0, 0.05) is 18.3 Å². The largest absolute Gasteiger partial charge is 0.497 e. The van der Waals surface area contributed by atoms with Gasteiger partial charge in [0.2, 0.25) is 11.8 Å². The average molecular weight is 326 g/mol. The molecule has 5 nitrogen and oxygen atoms in total. The maximum absolute atomic E-state index is 12.7. The Kier molecular flexibility index (Phi) is 5.24. The minimum absolute atomic E-state index is 0.132. The Labute approximate surface area is 142 Å². The fourth-order valence-electron chi connectivity index (χ4n) is 2.30. The molecule has 0 radical (unpaired) electrons. The van der Waals surface area contributed by atoms with Crippen LogP contribution in [-0.4, -0.2) is 18.9 Å². The van der Waals surface area contributed by atoms with Crippen LogP contribution in [0.3, 0.4) is 0 Å². The van der Waals surface area contributed by atoms with Crippen molar-refractivity contribution in [1.82, 2.24) is 0 Å². The Morgan fingerprint density at radius 2 is 1.54 bits per heavy atom. The summed E-state index contributed by atoms with van der Waals surface area (Å²) in [5.74, 6) is 0.461. The highest BCUT2D eigenvalue weighted by molar-refractivity contribution is 5.99. The molecule has 2 rings (SSSR count). The predicted molar refractivity (Wildman–Crippen MR) is 95.4 cm³/mol.